The first-order valence-electron chi connectivity index (χ1n) is 6.56. The fourth-order valence-corrected chi connectivity index (χ4v) is 2.08. The van der Waals surface area contributed by atoms with E-state index in [1.807, 2.05) is 24.3 Å². The van der Waals surface area contributed by atoms with Crippen LogP contribution in [-0.4, -0.2) is 37.2 Å². The van der Waals surface area contributed by atoms with E-state index in [9.17, 15) is 4.79 Å². The molecular weight excluding hydrogens is 228 g/mol. The van der Waals surface area contributed by atoms with Crippen molar-refractivity contribution >= 4 is 6.09 Å². The Bertz CT molecular complexity index is 399. The molecule has 1 aromatic rings. The van der Waals surface area contributed by atoms with Crippen molar-refractivity contribution in [1.82, 2.24) is 10.2 Å². The predicted molar refractivity (Wildman–Crippen MR) is 70.9 cm³/mol. The van der Waals surface area contributed by atoms with E-state index in [1.165, 1.54) is 0 Å². The highest BCUT2D eigenvalue weighted by Crippen LogP contribution is 2.19. The minimum atomic E-state index is -0.236. The molecule has 1 N–H and O–H groups in total. The highest BCUT2D eigenvalue weighted by atomic mass is 16.6. The van der Waals surface area contributed by atoms with E-state index in [-0.39, 0.29) is 6.09 Å². The SMILES string of the molecule is CCc1ccccc1OC(=O)N1CCCNCC1. The second-order valence-electron chi connectivity index (χ2n) is 4.42. The number of para-hydroxylation sites is 1. The van der Waals surface area contributed by atoms with Crippen molar-refractivity contribution < 1.29 is 9.53 Å². The fourth-order valence-electron chi connectivity index (χ4n) is 2.08. The van der Waals surface area contributed by atoms with Gasteiger partial charge < -0.3 is 15.0 Å². The number of aryl methyl sites for hydroxylation is 1. The summed E-state index contributed by atoms with van der Waals surface area (Å²) in [6.45, 7) is 5.34. The van der Waals surface area contributed by atoms with E-state index in [4.69, 9.17) is 4.74 Å². The Kier molecular flexibility index (Phi) is 4.59. The molecule has 1 aliphatic rings. The molecule has 4 heteroatoms. The van der Waals surface area contributed by atoms with Crippen molar-refractivity contribution in [2.75, 3.05) is 26.2 Å². The molecule has 0 aromatic heterocycles. The third-order valence-electron chi connectivity index (χ3n) is 3.15. The van der Waals surface area contributed by atoms with E-state index in [2.05, 4.69) is 12.2 Å². The van der Waals surface area contributed by atoms with Crippen LogP contribution in [0.1, 0.15) is 18.9 Å². The van der Waals surface area contributed by atoms with Crippen LogP contribution in [0.15, 0.2) is 24.3 Å². The number of carbonyl (C=O) groups excluding carboxylic acids is 1. The second-order valence-corrected chi connectivity index (χ2v) is 4.42. The van der Waals surface area contributed by atoms with Crippen molar-refractivity contribution in [2.45, 2.75) is 19.8 Å². The summed E-state index contributed by atoms with van der Waals surface area (Å²) in [6, 6.07) is 7.71. The molecule has 0 spiro atoms. The van der Waals surface area contributed by atoms with Gasteiger partial charge >= 0.3 is 6.09 Å². The number of nitrogens with zero attached hydrogens (tertiary/aromatic N) is 1. The maximum atomic E-state index is 12.1. The van der Waals surface area contributed by atoms with E-state index in [0.29, 0.717) is 12.3 Å². The van der Waals surface area contributed by atoms with Crippen LogP contribution in [0.5, 0.6) is 5.75 Å². The molecule has 1 saturated heterocycles. The van der Waals surface area contributed by atoms with Gasteiger partial charge in [-0.2, -0.15) is 0 Å². The van der Waals surface area contributed by atoms with Gasteiger partial charge in [0.2, 0.25) is 0 Å². The maximum absolute atomic E-state index is 12.1. The van der Waals surface area contributed by atoms with Crippen molar-refractivity contribution in [2.24, 2.45) is 0 Å². The molecule has 0 bridgehead atoms. The van der Waals surface area contributed by atoms with Gasteiger partial charge in [-0.25, -0.2) is 4.79 Å². The zero-order valence-electron chi connectivity index (χ0n) is 10.8. The maximum Gasteiger partial charge on any atom is 0.415 e. The van der Waals surface area contributed by atoms with E-state index in [0.717, 1.165) is 38.0 Å². The smallest absolute Gasteiger partial charge is 0.410 e. The minimum absolute atomic E-state index is 0.236. The monoisotopic (exact) mass is 248 g/mol. The molecule has 0 saturated carbocycles. The van der Waals surface area contributed by atoms with Gasteiger partial charge in [-0.15, -0.1) is 0 Å². The molecule has 98 valence electrons. The number of carbonyl (C=O) groups is 1. The summed E-state index contributed by atoms with van der Waals surface area (Å²) in [5, 5.41) is 3.27. The van der Waals surface area contributed by atoms with Gasteiger partial charge in [0.05, 0.1) is 0 Å². The molecule has 0 unspecified atom stereocenters. The number of ether oxygens (including phenoxy) is 1. The standard InChI is InChI=1S/C14H20N2O2/c1-2-12-6-3-4-7-13(12)18-14(17)16-10-5-8-15-9-11-16/h3-4,6-7,15H,2,5,8-11H2,1H3. The van der Waals surface area contributed by atoms with Gasteiger partial charge in [-0.05, 0) is 31.0 Å². The zero-order chi connectivity index (χ0) is 12.8. The Morgan fingerprint density at radius 3 is 3.00 bits per heavy atom. The first-order valence-corrected chi connectivity index (χ1v) is 6.56. The third kappa shape index (κ3) is 3.23. The van der Waals surface area contributed by atoms with E-state index >= 15 is 0 Å². The van der Waals surface area contributed by atoms with Gasteiger partial charge in [0.15, 0.2) is 0 Å². The third-order valence-corrected chi connectivity index (χ3v) is 3.15. The number of amides is 1. The number of hydrogen-bond donors (Lipinski definition) is 1. The molecule has 0 atom stereocenters. The van der Waals surface area contributed by atoms with Gasteiger partial charge in [0, 0.05) is 19.6 Å². The lowest BCUT2D eigenvalue weighted by atomic mass is 10.1. The van der Waals surface area contributed by atoms with Crippen LogP contribution in [0.2, 0.25) is 0 Å². The molecule has 0 aliphatic carbocycles. The number of nitrogens with one attached hydrogen (secondary N) is 1. The van der Waals surface area contributed by atoms with E-state index < -0.39 is 0 Å². The van der Waals surface area contributed by atoms with Crippen LogP contribution in [0.3, 0.4) is 0 Å². The first-order chi connectivity index (χ1) is 8.81. The van der Waals surface area contributed by atoms with Crippen molar-refractivity contribution in [1.29, 1.82) is 0 Å². The topological polar surface area (TPSA) is 41.6 Å². The van der Waals surface area contributed by atoms with Gasteiger partial charge in [-0.3, -0.25) is 0 Å². The molecule has 2 rings (SSSR count). The number of benzene rings is 1. The van der Waals surface area contributed by atoms with Crippen LogP contribution in [0.25, 0.3) is 0 Å². The predicted octanol–water partition coefficient (Wildman–Crippen LogP) is 2.04. The van der Waals surface area contributed by atoms with Crippen molar-refractivity contribution in [3.63, 3.8) is 0 Å². The molecule has 1 aromatic carbocycles. The summed E-state index contributed by atoms with van der Waals surface area (Å²) in [5.41, 5.74) is 1.07. The van der Waals surface area contributed by atoms with Crippen molar-refractivity contribution in [3.8, 4) is 5.75 Å². The highest BCUT2D eigenvalue weighted by molar-refractivity contribution is 5.71. The fraction of sp³-hybridized carbons (Fsp3) is 0.500. The molecule has 1 aliphatic heterocycles. The van der Waals surface area contributed by atoms with Crippen LogP contribution in [0.4, 0.5) is 4.79 Å². The lowest BCUT2D eigenvalue weighted by Crippen LogP contribution is -2.36. The Balaban J connectivity index is 2.01. The van der Waals surface area contributed by atoms with Crippen LogP contribution >= 0.6 is 0 Å². The van der Waals surface area contributed by atoms with Gasteiger partial charge in [0.1, 0.15) is 5.75 Å². The Morgan fingerprint density at radius 2 is 2.17 bits per heavy atom. The summed E-state index contributed by atoms with van der Waals surface area (Å²) < 4.78 is 5.49. The summed E-state index contributed by atoms with van der Waals surface area (Å²) in [7, 11) is 0. The van der Waals surface area contributed by atoms with E-state index in [1.54, 1.807) is 4.90 Å². The molecule has 1 heterocycles. The number of hydrogen-bond acceptors (Lipinski definition) is 3. The normalized spacial score (nSPS) is 16.2. The largest absolute Gasteiger partial charge is 0.415 e. The summed E-state index contributed by atoms with van der Waals surface area (Å²) >= 11 is 0. The Hall–Kier alpha value is -1.55. The van der Waals surface area contributed by atoms with Gasteiger partial charge in [0.25, 0.3) is 0 Å². The molecule has 4 nitrogen and oxygen atoms in total. The zero-order valence-corrected chi connectivity index (χ0v) is 10.8. The lowest BCUT2D eigenvalue weighted by molar-refractivity contribution is 0.155. The Morgan fingerprint density at radius 1 is 1.33 bits per heavy atom. The van der Waals surface area contributed by atoms with Crippen molar-refractivity contribution in [3.05, 3.63) is 29.8 Å². The average Bonchev–Trinajstić information content (AvgIpc) is 2.68. The molecule has 1 fully saturated rings. The summed E-state index contributed by atoms with van der Waals surface area (Å²) in [5.74, 6) is 0.683. The molecular formula is C14H20N2O2. The van der Waals surface area contributed by atoms with Crippen LogP contribution < -0.4 is 10.1 Å². The quantitative estimate of drug-likeness (QED) is 0.871. The average molecular weight is 248 g/mol. The van der Waals surface area contributed by atoms with Crippen LogP contribution in [0, 0.1) is 0 Å². The summed E-state index contributed by atoms with van der Waals surface area (Å²) in [4.78, 5) is 13.8. The number of rotatable bonds is 2. The lowest BCUT2D eigenvalue weighted by Gasteiger charge is -2.20. The molecule has 0 radical (unpaired) electrons. The molecule has 1 amide bonds. The second kappa shape index (κ2) is 6.40. The van der Waals surface area contributed by atoms with Crippen LogP contribution in [-0.2, 0) is 6.42 Å². The summed E-state index contributed by atoms with van der Waals surface area (Å²) in [6.07, 6.45) is 1.61. The highest BCUT2D eigenvalue weighted by Gasteiger charge is 2.17. The minimum Gasteiger partial charge on any atom is -0.410 e. The first kappa shape index (κ1) is 12.9. The van der Waals surface area contributed by atoms with Gasteiger partial charge in [-0.1, -0.05) is 25.1 Å². The molecule has 18 heavy (non-hydrogen) atoms. The Labute approximate surface area is 108 Å².